The molecule has 2 aromatic carbocycles. The van der Waals surface area contributed by atoms with Crippen molar-refractivity contribution < 1.29 is 0 Å². The summed E-state index contributed by atoms with van der Waals surface area (Å²) in [4.78, 5) is 1.13. The standard InChI is InChI=1S/C11H9ClS/c1-8-6-7-11(13-12)10-5-3-2-4-9(8)10/h2-7H,1H3. The molecular formula is C11H9ClS. The number of halogens is 1. The molecule has 0 nitrogen and oxygen atoms in total. The minimum Gasteiger partial charge on any atom is -0.0616 e. The van der Waals surface area contributed by atoms with E-state index < -0.39 is 0 Å². The van der Waals surface area contributed by atoms with E-state index in [1.54, 1.807) is 0 Å². The molecule has 0 amide bonds. The van der Waals surface area contributed by atoms with E-state index in [0.717, 1.165) is 4.90 Å². The van der Waals surface area contributed by atoms with Gasteiger partial charge in [0.15, 0.2) is 0 Å². The Morgan fingerprint density at radius 1 is 1.00 bits per heavy atom. The van der Waals surface area contributed by atoms with E-state index >= 15 is 0 Å². The highest BCUT2D eigenvalue weighted by Crippen LogP contribution is 2.31. The molecule has 2 rings (SSSR count). The lowest BCUT2D eigenvalue weighted by Crippen LogP contribution is -1.79. The first-order chi connectivity index (χ1) is 6.33. The summed E-state index contributed by atoms with van der Waals surface area (Å²) in [6, 6.07) is 12.5. The molecule has 0 spiro atoms. The van der Waals surface area contributed by atoms with Gasteiger partial charge in [-0.3, -0.25) is 0 Å². The van der Waals surface area contributed by atoms with Gasteiger partial charge in [0.25, 0.3) is 0 Å². The zero-order chi connectivity index (χ0) is 9.26. The van der Waals surface area contributed by atoms with Crippen molar-refractivity contribution in [3.05, 3.63) is 42.0 Å². The molecule has 0 unspecified atom stereocenters. The van der Waals surface area contributed by atoms with Gasteiger partial charge in [0.1, 0.15) is 0 Å². The number of hydrogen-bond acceptors (Lipinski definition) is 1. The van der Waals surface area contributed by atoms with Crippen LogP contribution in [0, 0.1) is 6.92 Å². The minimum atomic E-state index is 1.13. The van der Waals surface area contributed by atoms with E-state index in [0.29, 0.717) is 0 Å². The summed E-state index contributed by atoms with van der Waals surface area (Å²) in [5.41, 5.74) is 1.30. The van der Waals surface area contributed by atoms with Gasteiger partial charge in [-0.2, -0.15) is 0 Å². The van der Waals surface area contributed by atoms with E-state index in [1.807, 2.05) is 6.07 Å². The van der Waals surface area contributed by atoms with E-state index in [1.165, 1.54) is 27.3 Å². The number of aryl methyl sites for hydroxylation is 1. The Kier molecular flexibility index (Phi) is 2.47. The van der Waals surface area contributed by atoms with E-state index in [2.05, 4.69) is 37.3 Å². The lowest BCUT2D eigenvalue weighted by Gasteiger charge is -2.04. The summed E-state index contributed by atoms with van der Waals surface area (Å²) >= 11 is 0. The minimum absolute atomic E-state index is 1.13. The molecule has 2 heteroatoms. The predicted octanol–water partition coefficient (Wildman–Crippen LogP) is 4.39. The Balaban J connectivity index is 2.84. The number of rotatable bonds is 1. The molecular weight excluding hydrogens is 200 g/mol. The van der Waals surface area contributed by atoms with Crippen LogP contribution < -0.4 is 0 Å². The maximum Gasteiger partial charge on any atom is 0.0312 e. The van der Waals surface area contributed by atoms with Crippen LogP contribution in [0.4, 0.5) is 0 Å². The second-order valence-corrected chi connectivity index (χ2v) is 4.06. The van der Waals surface area contributed by atoms with Crippen LogP contribution in [0.15, 0.2) is 41.3 Å². The molecule has 0 saturated carbocycles. The Bertz CT molecular complexity index is 437. The number of hydrogen-bond donors (Lipinski definition) is 0. The molecule has 0 aliphatic heterocycles. The first-order valence-corrected chi connectivity index (χ1v) is 5.74. The van der Waals surface area contributed by atoms with Gasteiger partial charge in [-0.25, -0.2) is 0 Å². The average Bonchev–Trinajstić information content (AvgIpc) is 2.19. The fourth-order valence-corrected chi connectivity index (χ4v) is 2.27. The molecule has 0 radical (unpaired) electrons. The fraction of sp³-hybridized carbons (Fsp3) is 0.0909. The summed E-state index contributed by atoms with van der Waals surface area (Å²) in [6.07, 6.45) is 0. The largest absolute Gasteiger partial charge is 0.0616 e. The highest BCUT2D eigenvalue weighted by Gasteiger charge is 2.01. The monoisotopic (exact) mass is 208 g/mol. The quantitative estimate of drug-likeness (QED) is 0.670. The SMILES string of the molecule is Cc1ccc(SCl)c2ccccc12. The summed E-state index contributed by atoms with van der Waals surface area (Å²) in [7, 11) is 7.05. The normalized spacial score (nSPS) is 10.6. The molecule has 0 N–H and O–H groups in total. The van der Waals surface area contributed by atoms with Crippen molar-refractivity contribution in [3.8, 4) is 0 Å². The zero-order valence-corrected chi connectivity index (χ0v) is 8.82. The lowest BCUT2D eigenvalue weighted by atomic mass is 10.1. The molecule has 2 aromatic rings. The topological polar surface area (TPSA) is 0 Å². The summed E-state index contributed by atoms with van der Waals surface area (Å²) in [5.74, 6) is 0. The second-order valence-electron chi connectivity index (χ2n) is 3.00. The van der Waals surface area contributed by atoms with Crippen LogP contribution in [0.25, 0.3) is 10.8 Å². The third kappa shape index (κ3) is 1.54. The van der Waals surface area contributed by atoms with Gasteiger partial charge >= 0.3 is 0 Å². The lowest BCUT2D eigenvalue weighted by molar-refractivity contribution is 1.46. The maximum atomic E-state index is 5.77. The van der Waals surface area contributed by atoms with Crippen molar-refractivity contribution in [1.29, 1.82) is 0 Å². The van der Waals surface area contributed by atoms with Gasteiger partial charge in [-0.1, -0.05) is 30.3 Å². The fourth-order valence-electron chi connectivity index (χ4n) is 1.49. The first kappa shape index (κ1) is 8.92. The van der Waals surface area contributed by atoms with Crippen LogP contribution in [0.2, 0.25) is 0 Å². The Morgan fingerprint density at radius 3 is 2.38 bits per heavy atom. The van der Waals surface area contributed by atoms with Crippen molar-refractivity contribution >= 4 is 32.4 Å². The Morgan fingerprint density at radius 2 is 1.69 bits per heavy atom. The molecule has 13 heavy (non-hydrogen) atoms. The van der Waals surface area contributed by atoms with E-state index in [4.69, 9.17) is 10.7 Å². The van der Waals surface area contributed by atoms with Crippen LogP contribution in [0.5, 0.6) is 0 Å². The molecule has 0 fully saturated rings. The third-order valence-electron chi connectivity index (χ3n) is 2.19. The second kappa shape index (κ2) is 3.60. The van der Waals surface area contributed by atoms with E-state index in [9.17, 15) is 0 Å². The molecule has 0 aliphatic carbocycles. The number of benzene rings is 2. The van der Waals surface area contributed by atoms with Crippen LogP contribution in [0.3, 0.4) is 0 Å². The van der Waals surface area contributed by atoms with Crippen LogP contribution in [-0.2, 0) is 0 Å². The van der Waals surface area contributed by atoms with E-state index in [-0.39, 0.29) is 0 Å². The van der Waals surface area contributed by atoms with Crippen molar-refractivity contribution in [2.45, 2.75) is 11.8 Å². The summed E-state index contributed by atoms with van der Waals surface area (Å²) in [5, 5.41) is 2.52. The molecule has 0 saturated heterocycles. The van der Waals surface area contributed by atoms with Crippen molar-refractivity contribution in [3.63, 3.8) is 0 Å². The van der Waals surface area contributed by atoms with Crippen molar-refractivity contribution in [2.24, 2.45) is 0 Å². The summed E-state index contributed by atoms with van der Waals surface area (Å²) < 4.78 is 0. The van der Waals surface area contributed by atoms with Gasteiger partial charge < -0.3 is 0 Å². The number of fused-ring (bicyclic) bond motifs is 1. The molecule has 0 aliphatic rings. The van der Waals surface area contributed by atoms with Gasteiger partial charge in [0.2, 0.25) is 0 Å². The van der Waals surface area contributed by atoms with Crippen LogP contribution >= 0.6 is 21.7 Å². The van der Waals surface area contributed by atoms with Gasteiger partial charge in [0.05, 0.1) is 0 Å². The Labute approximate surface area is 86.4 Å². The molecule has 0 atom stereocenters. The maximum absolute atomic E-state index is 5.77. The molecule has 0 heterocycles. The predicted molar refractivity (Wildman–Crippen MR) is 60.4 cm³/mol. The highest BCUT2D eigenvalue weighted by atomic mass is 35.7. The molecule has 0 aromatic heterocycles. The average molecular weight is 209 g/mol. The van der Waals surface area contributed by atoms with Crippen LogP contribution in [-0.4, -0.2) is 0 Å². The molecule has 0 bridgehead atoms. The highest BCUT2D eigenvalue weighted by molar-refractivity contribution is 8.21. The van der Waals surface area contributed by atoms with Gasteiger partial charge in [-0.05, 0) is 51.0 Å². The van der Waals surface area contributed by atoms with Gasteiger partial charge in [0, 0.05) is 4.90 Å². The smallest absolute Gasteiger partial charge is 0.0312 e. The first-order valence-electron chi connectivity index (χ1n) is 4.10. The van der Waals surface area contributed by atoms with Crippen molar-refractivity contribution in [2.75, 3.05) is 0 Å². The van der Waals surface area contributed by atoms with Crippen molar-refractivity contribution in [1.82, 2.24) is 0 Å². The molecule has 66 valence electrons. The summed E-state index contributed by atoms with van der Waals surface area (Å²) in [6.45, 7) is 2.12. The van der Waals surface area contributed by atoms with Gasteiger partial charge in [-0.15, -0.1) is 0 Å². The third-order valence-corrected chi connectivity index (χ3v) is 3.21. The van der Waals surface area contributed by atoms with Crippen LogP contribution in [0.1, 0.15) is 5.56 Å². The Hall–Kier alpha value is -0.660. The zero-order valence-electron chi connectivity index (χ0n) is 7.25.